The number of rotatable bonds is 11. The number of anilines is 3. The van der Waals surface area contributed by atoms with Crippen LogP contribution in [0.1, 0.15) is 27.7 Å². The first-order valence-corrected chi connectivity index (χ1v) is 13.5. The number of carbonyl (C=O) groups excluding carboxylic acids is 2. The summed E-state index contributed by atoms with van der Waals surface area (Å²) >= 11 is 0. The Morgan fingerprint density at radius 2 is 1.24 bits per heavy atom. The highest BCUT2D eigenvalue weighted by molar-refractivity contribution is 6.19. The molecule has 41 heavy (non-hydrogen) atoms. The minimum absolute atomic E-state index is 0.00691. The lowest BCUT2D eigenvalue weighted by atomic mass is 10.1. The molecule has 1 aliphatic rings. The lowest BCUT2D eigenvalue weighted by molar-refractivity contribution is -0.123. The summed E-state index contributed by atoms with van der Waals surface area (Å²) in [6, 6.07) is 15.4. The number of carbonyl (C=O) groups is 2. The number of nitrogens with zero attached hydrogens (tertiary/aromatic N) is 2. The van der Waals surface area contributed by atoms with Gasteiger partial charge >= 0.3 is 0 Å². The molecule has 2 amide bonds. The molecule has 0 heterocycles. The summed E-state index contributed by atoms with van der Waals surface area (Å²) in [5.74, 6) is -0.276. The zero-order valence-electron chi connectivity index (χ0n) is 24.0. The molecular formula is C34H37N5O2. The molecule has 0 saturated carbocycles. The van der Waals surface area contributed by atoms with Crippen LogP contribution in [0.15, 0.2) is 132 Å². The van der Waals surface area contributed by atoms with Crippen molar-refractivity contribution < 1.29 is 9.59 Å². The van der Waals surface area contributed by atoms with Gasteiger partial charge in [0.25, 0.3) is 0 Å². The van der Waals surface area contributed by atoms with Crippen LogP contribution in [0.25, 0.3) is 0 Å². The van der Waals surface area contributed by atoms with Crippen LogP contribution in [-0.4, -0.2) is 23.2 Å². The Morgan fingerprint density at radius 1 is 0.707 bits per heavy atom. The van der Waals surface area contributed by atoms with Crippen LogP contribution in [-0.2, 0) is 9.59 Å². The van der Waals surface area contributed by atoms with E-state index in [1.807, 2.05) is 101 Å². The first-order chi connectivity index (χ1) is 19.7. The quantitative estimate of drug-likeness (QED) is 0.200. The number of amides is 2. The van der Waals surface area contributed by atoms with E-state index >= 15 is 0 Å². The van der Waals surface area contributed by atoms with Crippen molar-refractivity contribution in [2.45, 2.75) is 27.7 Å². The van der Waals surface area contributed by atoms with E-state index < -0.39 is 0 Å². The smallest absolute Gasteiger partial charge is 0.226 e. The molecule has 0 spiro atoms. The number of aliphatic imine (C=N–C) groups is 2. The summed E-state index contributed by atoms with van der Waals surface area (Å²) in [5, 5.41) is 9.06. The van der Waals surface area contributed by atoms with Crippen LogP contribution in [0.4, 0.5) is 22.7 Å². The molecule has 0 aromatic heterocycles. The molecule has 0 saturated heterocycles. The molecule has 2 aromatic carbocycles. The molecule has 3 rings (SSSR count). The van der Waals surface area contributed by atoms with Crippen molar-refractivity contribution in [1.82, 2.24) is 5.32 Å². The number of allylic oxidation sites excluding steroid dienone is 8. The van der Waals surface area contributed by atoms with Crippen molar-refractivity contribution in [3.8, 4) is 0 Å². The monoisotopic (exact) mass is 547 g/mol. The number of hydrogen-bond donors (Lipinski definition) is 3. The van der Waals surface area contributed by atoms with Crippen molar-refractivity contribution >= 4 is 46.0 Å². The van der Waals surface area contributed by atoms with Crippen molar-refractivity contribution in [3.63, 3.8) is 0 Å². The van der Waals surface area contributed by atoms with E-state index in [9.17, 15) is 9.59 Å². The normalized spacial score (nSPS) is 13.2. The molecule has 7 nitrogen and oxygen atoms in total. The second-order valence-corrected chi connectivity index (χ2v) is 9.90. The van der Waals surface area contributed by atoms with Crippen LogP contribution in [0.5, 0.6) is 0 Å². The highest BCUT2D eigenvalue weighted by Gasteiger charge is 2.08. The highest BCUT2D eigenvalue weighted by atomic mass is 16.2. The Morgan fingerprint density at radius 3 is 1.78 bits per heavy atom. The van der Waals surface area contributed by atoms with Gasteiger partial charge in [0.15, 0.2) is 0 Å². The van der Waals surface area contributed by atoms with Crippen LogP contribution >= 0.6 is 0 Å². The molecule has 0 fully saturated rings. The van der Waals surface area contributed by atoms with Gasteiger partial charge < -0.3 is 16.0 Å². The molecule has 0 radical (unpaired) electrons. The molecule has 0 atom stereocenters. The van der Waals surface area contributed by atoms with Gasteiger partial charge in [-0.05, 0) is 97.1 Å². The summed E-state index contributed by atoms with van der Waals surface area (Å²) in [6.07, 6.45) is 14.3. The Hall–Kier alpha value is -5.04. The molecule has 0 aliphatic heterocycles. The Kier molecular flexibility index (Phi) is 11.1. The van der Waals surface area contributed by atoms with E-state index in [1.165, 1.54) is 0 Å². The fraction of sp³-hybridized carbons (Fsp3) is 0.176. The van der Waals surface area contributed by atoms with Crippen LogP contribution in [0.2, 0.25) is 0 Å². The van der Waals surface area contributed by atoms with E-state index in [4.69, 9.17) is 4.99 Å². The van der Waals surface area contributed by atoms with Crippen LogP contribution in [0, 0.1) is 11.8 Å². The minimum atomic E-state index is -0.125. The summed E-state index contributed by atoms with van der Waals surface area (Å²) in [7, 11) is 0. The zero-order chi connectivity index (χ0) is 29.8. The Labute approximate surface area is 242 Å². The van der Waals surface area contributed by atoms with E-state index in [-0.39, 0.29) is 23.7 Å². The number of nitrogens with one attached hydrogen (secondary N) is 3. The van der Waals surface area contributed by atoms with Gasteiger partial charge in [0.2, 0.25) is 11.8 Å². The summed E-state index contributed by atoms with van der Waals surface area (Å²) in [6.45, 7) is 15.0. The van der Waals surface area contributed by atoms with Crippen molar-refractivity contribution in [1.29, 1.82) is 0 Å². The van der Waals surface area contributed by atoms with Gasteiger partial charge in [0, 0.05) is 34.6 Å². The predicted molar refractivity (Wildman–Crippen MR) is 172 cm³/mol. The van der Waals surface area contributed by atoms with Gasteiger partial charge in [0.05, 0.1) is 22.8 Å². The van der Waals surface area contributed by atoms with E-state index in [1.54, 1.807) is 24.3 Å². The highest BCUT2D eigenvalue weighted by Crippen LogP contribution is 2.22. The first kappa shape index (κ1) is 30.5. The maximum Gasteiger partial charge on any atom is 0.226 e. The first-order valence-electron chi connectivity index (χ1n) is 13.5. The lowest BCUT2D eigenvalue weighted by Gasteiger charge is -2.10. The molecule has 0 bridgehead atoms. The third kappa shape index (κ3) is 9.89. The maximum absolute atomic E-state index is 11.9. The molecule has 2 aromatic rings. The topological polar surface area (TPSA) is 94.9 Å². The maximum atomic E-state index is 11.9. The van der Waals surface area contributed by atoms with Gasteiger partial charge in [-0.2, -0.15) is 0 Å². The largest absolute Gasteiger partial charge is 0.356 e. The summed E-state index contributed by atoms with van der Waals surface area (Å²) < 4.78 is 0. The molecule has 3 N–H and O–H groups in total. The Bertz CT molecular complexity index is 1430. The van der Waals surface area contributed by atoms with E-state index in [0.717, 1.165) is 34.2 Å². The molecular weight excluding hydrogens is 510 g/mol. The molecule has 210 valence electrons. The minimum Gasteiger partial charge on any atom is -0.356 e. The SMILES string of the molecule is C=C/C(=C\C=C(/C=C)NC(=O)C(C)C)N=C1C=CC(=Nc2ccc(Nc3ccc(NC(=O)C(C)C)cc3)cc2)C=C1. The fourth-order valence-electron chi connectivity index (χ4n) is 3.38. The summed E-state index contributed by atoms with van der Waals surface area (Å²) in [5.41, 5.74) is 6.24. The second-order valence-electron chi connectivity index (χ2n) is 9.90. The van der Waals surface area contributed by atoms with Gasteiger partial charge in [-0.1, -0.05) is 40.9 Å². The zero-order valence-corrected chi connectivity index (χ0v) is 24.0. The second kappa shape index (κ2) is 14.9. The number of benzene rings is 2. The molecule has 7 heteroatoms. The Balaban J connectivity index is 1.61. The summed E-state index contributed by atoms with van der Waals surface area (Å²) in [4.78, 5) is 33.1. The van der Waals surface area contributed by atoms with Gasteiger partial charge in [-0.3, -0.25) is 9.59 Å². The third-order valence-electron chi connectivity index (χ3n) is 5.85. The third-order valence-corrected chi connectivity index (χ3v) is 5.85. The fourth-order valence-corrected chi connectivity index (χ4v) is 3.38. The average Bonchev–Trinajstić information content (AvgIpc) is 2.97. The standard InChI is InChI=1S/C34H37N5O2/c1-7-25(9-10-26(8-2)38-33(40)23(3)4)35-27-11-13-28(14-12-27)36-29-15-17-30(18-16-29)37-31-19-21-32(22-20-31)39-34(41)24(5)6/h7-24,37H,1-2H2,3-6H3,(H,38,40)(H,39,41)/b25-9+,26-10+,35-27?,36-28?. The van der Waals surface area contributed by atoms with Gasteiger partial charge in [0.1, 0.15) is 0 Å². The van der Waals surface area contributed by atoms with Crippen molar-refractivity contribution in [2.24, 2.45) is 21.8 Å². The molecule has 1 aliphatic carbocycles. The predicted octanol–water partition coefficient (Wildman–Crippen LogP) is 7.58. The van der Waals surface area contributed by atoms with Crippen molar-refractivity contribution in [2.75, 3.05) is 10.6 Å². The van der Waals surface area contributed by atoms with Crippen LogP contribution in [0.3, 0.4) is 0 Å². The average molecular weight is 548 g/mol. The lowest BCUT2D eigenvalue weighted by Crippen LogP contribution is -2.26. The van der Waals surface area contributed by atoms with Gasteiger partial charge in [-0.15, -0.1) is 0 Å². The van der Waals surface area contributed by atoms with E-state index in [0.29, 0.717) is 11.4 Å². The number of hydrogen-bond acceptors (Lipinski definition) is 5. The van der Waals surface area contributed by atoms with Crippen LogP contribution < -0.4 is 16.0 Å². The van der Waals surface area contributed by atoms with Gasteiger partial charge in [-0.25, -0.2) is 9.98 Å². The van der Waals surface area contributed by atoms with E-state index in [2.05, 4.69) is 34.1 Å². The molecule has 0 unspecified atom stereocenters. The van der Waals surface area contributed by atoms with Crippen molar-refractivity contribution in [3.05, 3.63) is 122 Å².